The van der Waals surface area contributed by atoms with Crippen molar-refractivity contribution < 1.29 is 14.3 Å². The van der Waals surface area contributed by atoms with Crippen LogP contribution >= 0.6 is 27.7 Å². The molecule has 2 aromatic carbocycles. The Morgan fingerprint density at radius 1 is 1.35 bits per heavy atom. The van der Waals surface area contributed by atoms with Crippen LogP contribution in [-0.2, 0) is 11.3 Å². The maximum Gasteiger partial charge on any atom is 0.412 e. The summed E-state index contributed by atoms with van der Waals surface area (Å²) < 4.78 is 11.1. The second-order valence-electron chi connectivity index (χ2n) is 4.36. The smallest absolute Gasteiger partial charge is 0.412 e. The van der Waals surface area contributed by atoms with Crippen LogP contribution in [0.1, 0.15) is 5.56 Å². The summed E-state index contributed by atoms with van der Waals surface area (Å²) in [4.78, 5) is 12.6. The van der Waals surface area contributed by atoms with Gasteiger partial charge in [0.05, 0.1) is 12.8 Å². The van der Waals surface area contributed by atoms with Gasteiger partial charge in [0.25, 0.3) is 0 Å². The lowest BCUT2D eigenvalue weighted by Crippen LogP contribution is -2.14. The molecule has 1 N–H and O–H groups in total. The number of benzene rings is 2. The number of carbonyl (C=O) groups is 1. The number of thioether (sulfide) groups is 1. The SMILES string of the molecule is COc1cc(SC#N)c(Br)cc1NC(=O)OCc1ccccc1. The molecule has 0 heterocycles. The number of hydrogen-bond donors (Lipinski definition) is 1. The van der Waals surface area contributed by atoms with Gasteiger partial charge in [0, 0.05) is 9.37 Å². The first-order valence-corrected chi connectivity index (χ1v) is 8.16. The number of amides is 1. The Labute approximate surface area is 146 Å². The molecular formula is C16H13BrN2O3S. The average Bonchev–Trinajstić information content (AvgIpc) is 2.56. The number of halogens is 1. The number of thiocyanates is 1. The van der Waals surface area contributed by atoms with Crippen LogP contribution in [-0.4, -0.2) is 13.2 Å². The van der Waals surface area contributed by atoms with E-state index in [1.54, 1.807) is 12.1 Å². The Bertz CT molecular complexity index is 732. The van der Waals surface area contributed by atoms with Crippen molar-refractivity contribution in [1.82, 2.24) is 0 Å². The molecule has 0 unspecified atom stereocenters. The first-order chi connectivity index (χ1) is 11.1. The van der Waals surface area contributed by atoms with E-state index in [2.05, 4.69) is 21.2 Å². The first-order valence-electron chi connectivity index (χ1n) is 6.55. The van der Waals surface area contributed by atoms with Crippen molar-refractivity contribution in [3.8, 4) is 11.2 Å². The molecule has 0 radical (unpaired) electrons. The summed E-state index contributed by atoms with van der Waals surface area (Å²) in [5.41, 5.74) is 1.36. The van der Waals surface area contributed by atoms with Crippen molar-refractivity contribution in [2.45, 2.75) is 11.5 Å². The fourth-order valence-electron chi connectivity index (χ4n) is 1.80. The molecule has 0 bridgehead atoms. The molecule has 2 aromatic rings. The fourth-order valence-corrected chi connectivity index (χ4v) is 2.80. The highest BCUT2D eigenvalue weighted by atomic mass is 79.9. The van der Waals surface area contributed by atoms with E-state index in [0.29, 0.717) is 20.8 Å². The second-order valence-corrected chi connectivity index (χ2v) is 6.04. The number of nitriles is 1. The van der Waals surface area contributed by atoms with Gasteiger partial charge in [-0.2, -0.15) is 5.26 Å². The Hall–Kier alpha value is -2.17. The van der Waals surface area contributed by atoms with Crippen LogP contribution in [0.4, 0.5) is 10.5 Å². The lowest BCUT2D eigenvalue weighted by atomic mass is 10.2. The minimum Gasteiger partial charge on any atom is -0.495 e. The van der Waals surface area contributed by atoms with Crippen LogP contribution in [0.25, 0.3) is 0 Å². The summed E-state index contributed by atoms with van der Waals surface area (Å²) in [5, 5.41) is 13.4. The monoisotopic (exact) mass is 392 g/mol. The third-order valence-electron chi connectivity index (χ3n) is 2.86. The molecule has 0 spiro atoms. The van der Waals surface area contributed by atoms with Crippen molar-refractivity contribution in [3.63, 3.8) is 0 Å². The number of anilines is 1. The lowest BCUT2D eigenvalue weighted by molar-refractivity contribution is 0.155. The highest BCUT2D eigenvalue weighted by Gasteiger charge is 2.13. The van der Waals surface area contributed by atoms with Gasteiger partial charge in [0.1, 0.15) is 17.8 Å². The number of methoxy groups -OCH3 is 1. The van der Waals surface area contributed by atoms with E-state index in [0.717, 1.165) is 17.3 Å². The molecule has 0 atom stereocenters. The molecule has 0 aromatic heterocycles. The average molecular weight is 393 g/mol. The molecule has 0 aliphatic heterocycles. The van der Waals surface area contributed by atoms with Crippen molar-refractivity contribution in [3.05, 3.63) is 52.5 Å². The zero-order valence-electron chi connectivity index (χ0n) is 12.2. The first kappa shape index (κ1) is 17.2. The van der Waals surface area contributed by atoms with Gasteiger partial charge >= 0.3 is 6.09 Å². The maximum atomic E-state index is 11.9. The van der Waals surface area contributed by atoms with Gasteiger partial charge in [0.15, 0.2) is 0 Å². The number of ether oxygens (including phenoxy) is 2. The van der Waals surface area contributed by atoms with Gasteiger partial charge in [0.2, 0.25) is 0 Å². The van der Waals surface area contributed by atoms with Gasteiger partial charge in [-0.3, -0.25) is 5.32 Å². The predicted octanol–water partition coefficient (Wildman–Crippen LogP) is 4.78. The highest BCUT2D eigenvalue weighted by molar-refractivity contribution is 9.10. The van der Waals surface area contributed by atoms with Crippen molar-refractivity contribution in [2.24, 2.45) is 0 Å². The molecule has 0 saturated carbocycles. The zero-order valence-corrected chi connectivity index (χ0v) is 14.6. The van der Waals surface area contributed by atoms with Gasteiger partial charge in [-0.1, -0.05) is 30.3 Å². The normalized spacial score (nSPS) is 9.78. The molecule has 7 heteroatoms. The van der Waals surface area contributed by atoms with Crippen LogP contribution in [0.15, 0.2) is 51.8 Å². The molecule has 1 amide bonds. The van der Waals surface area contributed by atoms with E-state index in [1.807, 2.05) is 35.7 Å². The Morgan fingerprint density at radius 3 is 2.74 bits per heavy atom. The van der Waals surface area contributed by atoms with Crippen molar-refractivity contribution in [1.29, 1.82) is 5.26 Å². The Morgan fingerprint density at radius 2 is 2.09 bits per heavy atom. The number of rotatable bonds is 5. The van der Waals surface area contributed by atoms with Crippen LogP contribution in [0.3, 0.4) is 0 Å². The van der Waals surface area contributed by atoms with E-state index in [4.69, 9.17) is 14.7 Å². The largest absolute Gasteiger partial charge is 0.495 e. The van der Waals surface area contributed by atoms with Crippen LogP contribution in [0.5, 0.6) is 5.75 Å². The topological polar surface area (TPSA) is 71.3 Å². The van der Waals surface area contributed by atoms with Crippen LogP contribution in [0.2, 0.25) is 0 Å². The number of carbonyl (C=O) groups excluding carboxylic acids is 1. The summed E-state index contributed by atoms with van der Waals surface area (Å²) in [6.07, 6.45) is -0.584. The van der Waals surface area contributed by atoms with E-state index in [1.165, 1.54) is 7.11 Å². The molecular weight excluding hydrogens is 380 g/mol. The van der Waals surface area contributed by atoms with Gasteiger partial charge in [-0.05, 0) is 45.4 Å². The summed E-state index contributed by atoms with van der Waals surface area (Å²) >= 11 is 4.36. The van der Waals surface area contributed by atoms with Crippen molar-refractivity contribution >= 4 is 39.5 Å². The second kappa shape index (κ2) is 8.46. The molecule has 2 rings (SSSR count). The summed E-state index contributed by atoms with van der Waals surface area (Å²) in [5.74, 6) is 0.447. The molecule has 5 nitrogen and oxygen atoms in total. The minimum atomic E-state index is -0.584. The number of nitrogens with zero attached hydrogens (tertiary/aromatic N) is 1. The molecule has 0 aliphatic carbocycles. The highest BCUT2D eigenvalue weighted by Crippen LogP contribution is 2.36. The summed E-state index contributed by atoms with van der Waals surface area (Å²) in [7, 11) is 1.49. The Balaban J connectivity index is 2.05. The molecule has 0 fully saturated rings. The van der Waals surface area contributed by atoms with Gasteiger partial charge < -0.3 is 9.47 Å². The van der Waals surface area contributed by atoms with Crippen LogP contribution < -0.4 is 10.1 Å². The van der Waals surface area contributed by atoms with E-state index in [9.17, 15) is 4.79 Å². The number of nitrogens with one attached hydrogen (secondary N) is 1. The summed E-state index contributed by atoms with van der Waals surface area (Å²) in [6, 6.07) is 12.7. The fraction of sp³-hybridized carbons (Fsp3) is 0.125. The Kier molecular flexibility index (Phi) is 6.32. The minimum absolute atomic E-state index is 0.179. The van der Waals surface area contributed by atoms with Crippen molar-refractivity contribution in [2.75, 3.05) is 12.4 Å². The molecule has 0 aliphatic rings. The maximum absolute atomic E-state index is 11.9. The van der Waals surface area contributed by atoms with Gasteiger partial charge in [-0.15, -0.1) is 0 Å². The predicted molar refractivity (Wildman–Crippen MR) is 92.4 cm³/mol. The quantitative estimate of drug-likeness (QED) is 0.585. The third kappa shape index (κ3) is 4.91. The van der Waals surface area contributed by atoms with E-state index in [-0.39, 0.29) is 6.61 Å². The van der Waals surface area contributed by atoms with Crippen LogP contribution in [0, 0.1) is 10.7 Å². The third-order valence-corrected chi connectivity index (χ3v) is 4.43. The molecule has 118 valence electrons. The number of hydrogen-bond acceptors (Lipinski definition) is 5. The lowest BCUT2D eigenvalue weighted by Gasteiger charge is -2.12. The zero-order chi connectivity index (χ0) is 16.7. The van der Waals surface area contributed by atoms with E-state index >= 15 is 0 Å². The van der Waals surface area contributed by atoms with E-state index < -0.39 is 6.09 Å². The standard InChI is InChI=1S/C16H13BrN2O3S/c1-21-14-8-15(23-10-18)12(17)7-13(14)19-16(20)22-9-11-5-3-2-4-6-11/h2-8H,9H2,1H3,(H,19,20). The van der Waals surface area contributed by atoms with Gasteiger partial charge in [-0.25, -0.2) is 4.79 Å². The molecule has 0 saturated heterocycles. The summed E-state index contributed by atoms with van der Waals surface area (Å²) in [6.45, 7) is 0.179. The molecule has 23 heavy (non-hydrogen) atoms.